The fourth-order valence-corrected chi connectivity index (χ4v) is 4.18. The van der Waals surface area contributed by atoms with Crippen LogP contribution in [-0.4, -0.2) is 27.2 Å². The largest absolute Gasteiger partial charge is 0.496 e. The van der Waals surface area contributed by atoms with E-state index in [0.717, 1.165) is 11.1 Å². The van der Waals surface area contributed by atoms with Gasteiger partial charge in [0.05, 0.1) is 33.3 Å². The highest BCUT2D eigenvalue weighted by Crippen LogP contribution is 2.39. The van der Waals surface area contributed by atoms with Gasteiger partial charge in [-0.3, -0.25) is 4.79 Å². The summed E-state index contributed by atoms with van der Waals surface area (Å²) in [5.41, 5.74) is 2.71. The molecular formula is C27H24ClNO6. The van der Waals surface area contributed by atoms with Crippen LogP contribution in [0.3, 0.4) is 0 Å². The minimum Gasteiger partial charge on any atom is -0.496 e. The van der Waals surface area contributed by atoms with Crippen LogP contribution in [0.1, 0.15) is 11.1 Å². The summed E-state index contributed by atoms with van der Waals surface area (Å²) < 4.78 is 21.7. The smallest absolute Gasteiger partial charge is 0.340 e. The second-order valence-electron chi connectivity index (χ2n) is 7.83. The van der Waals surface area contributed by atoms with Crippen molar-refractivity contribution in [3.63, 3.8) is 0 Å². The van der Waals surface area contributed by atoms with E-state index in [1.54, 1.807) is 30.3 Å². The molecular weight excluding hydrogens is 470 g/mol. The Labute approximate surface area is 207 Å². The normalized spacial score (nSPS) is 10.8. The molecule has 0 radical (unpaired) electrons. The number of carbonyl (C=O) groups excluding carboxylic acids is 1. The first-order valence-corrected chi connectivity index (χ1v) is 11.1. The molecule has 0 aliphatic rings. The summed E-state index contributed by atoms with van der Waals surface area (Å²) in [4.78, 5) is 26.3. The summed E-state index contributed by atoms with van der Waals surface area (Å²) in [6.07, 6.45) is -0.243. The van der Waals surface area contributed by atoms with Crippen LogP contribution in [0.5, 0.6) is 17.2 Å². The molecule has 1 heterocycles. The van der Waals surface area contributed by atoms with Crippen molar-refractivity contribution in [2.45, 2.75) is 13.3 Å². The number of methoxy groups -OCH3 is 3. The van der Waals surface area contributed by atoms with Crippen molar-refractivity contribution in [1.82, 2.24) is 0 Å². The van der Waals surface area contributed by atoms with Crippen molar-refractivity contribution in [2.75, 3.05) is 26.6 Å². The van der Waals surface area contributed by atoms with Gasteiger partial charge in [-0.25, -0.2) is 4.79 Å². The van der Waals surface area contributed by atoms with Crippen molar-refractivity contribution < 1.29 is 23.4 Å². The molecule has 1 N–H and O–H groups in total. The summed E-state index contributed by atoms with van der Waals surface area (Å²) in [5, 5.41) is 3.95. The summed E-state index contributed by atoms with van der Waals surface area (Å²) in [6.45, 7) is 1.94. The number of aryl methyl sites for hydroxylation is 1. The summed E-state index contributed by atoms with van der Waals surface area (Å²) in [6, 6.07) is 15.9. The third-order valence-corrected chi connectivity index (χ3v) is 5.93. The average Bonchev–Trinajstić information content (AvgIpc) is 2.85. The van der Waals surface area contributed by atoms with Crippen LogP contribution < -0.4 is 25.2 Å². The highest BCUT2D eigenvalue weighted by atomic mass is 35.5. The van der Waals surface area contributed by atoms with E-state index in [-0.39, 0.29) is 12.0 Å². The van der Waals surface area contributed by atoms with Gasteiger partial charge in [-0.05, 0) is 36.2 Å². The Morgan fingerprint density at radius 2 is 1.66 bits per heavy atom. The Morgan fingerprint density at radius 1 is 0.971 bits per heavy atom. The van der Waals surface area contributed by atoms with E-state index in [1.165, 1.54) is 21.3 Å². The fraction of sp³-hybridized carbons (Fsp3) is 0.185. The number of anilines is 1. The molecule has 0 saturated carbocycles. The van der Waals surface area contributed by atoms with Gasteiger partial charge in [-0.1, -0.05) is 35.9 Å². The molecule has 4 rings (SSSR count). The van der Waals surface area contributed by atoms with Crippen LogP contribution in [0.2, 0.25) is 5.02 Å². The van der Waals surface area contributed by atoms with Crippen LogP contribution in [0.4, 0.5) is 5.69 Å². The zero-order chi connectivity index (χ0) is 25.1. The van der Waals surface area contributed by atoms with E-state index in [9.17, 15) is 9.59 Å². The van der Waals surface area contributed by atoms with Crippen LogP contribution >= 0.6 is 11.6 Å². The van der Waals surface area contributed by atoms with E-state index >= 15 is 0 Å². The van der Waals surface area contributed by atoms with Gasteiger partial charge in [0.2, 0.25) is 5.91 Å². The van der Waals surface area contributed by atoms with E-state index in [1.807, 2.05) is 31.2 Å². The SMILES string of the molecule is COc1cc(OC)c(NC(=O)Cc2c(-c3ccccc3C)c3cc(Cl)ccc3oc2=O)c(OC)c1. The van der Waals surface area contributed by atoms with Crippen LogP contribution in [0.15, 0.2) is 63.8 Å². The first kappa shape index (κ1) is 24.2. The maximum absolute atomic E-state index is 13.2. The standard InChI is InChI=1S/C27H24ClNO6/c1-15-7-5-6-8-18(15)25-19-11-16(28)9-10-21(19)35-27(31)20(25)14-24(30)29-26-22(33-3)12-17(32-2)13-23(26)34-4/h5-13H,14H2,1-4H3,(H,29,30). The molecule has 0 fully saturated rings. The van der Waals surface area contributed by atoms with E-state index < -0.39 is 11.5 Å². The molecule has 0 spiro atoms. The van der Waals surface area contributed by atoms with E-state index in [2.05, 4.69) is 5.32 Å². The number of ether oxygens (including phenoxy) is 3. The molecule has 3 aromatic carbocycles. The molecule has 0 aliphatic heterocycles. The van der Waals surface area contributed by atoms with Gasteiger partial charge in [0.25, 0.3) is 0 Å². The molecule has 1 amide bonds. The van der Waals surface area contributed by atoms with Crippen LogP contribution in [0, 0.1) is 6.92 Å². The van der Waals surface area contributed by atoms with Gasteiger partial charge in [0, 0.05) is 28.1 Å². The number of benzene rings is 3. The Hall–Kier alpha value is -3.97. The second kappa shape index (κ2) is 10.1. The number of halogens is 1. The number of amides is 1. The third kappa shape index (κ3) is 4.81. The summed E-state index contributed by atoms with van der Waals surface area (Å²) >= 11 is 6.28. The molecule has 35 heavy (non-hydrogen) atoms. The number of fused-ring (bicyclic) bond motifs is 1. The lowest BCUT2D eigenvalue weighted by molar-refractivity contribution is -0.115. The molecule has 0 saturated heterocycles. The monoisotopic (exact) mass is 493 g/mol. The Morgan fingerprint density at radius 3 is 2.29 bits per heavy atom. The lowest BCUT2D eigenvalue weighted by Gasteiger charge is -2.17. The van der Waals surface area contributed by atoms with Gasteiger partial charge < -0.3 is 23.9 Å². The zero-order valence-corrected chi connectivity index (χ0v) is 20.5. The first-order chi connectivity index (χ1) is 16.9. The predicted octanol–water partition coefficient (Wildman–Crippen LogP) is 5.63. The molecule has 0 aliphatic carbocycles. The van der Waals surface area contributed by atoms with Crippen molar-refractivity contribution in [3.8, 4) is 28.4 Å². The number of rotatable bonds is 7. The first-order valence-electron chi connectivity index (χ1n) is 10.8. The fourth-order valence-electron chi connectivity index (χ4n) is 4.01. The lowest BCUT2D eigenvalue weighted by Crippen LogP contribution is -2.21. The average molecular weight is 494 g/mol. The van der Waals surface area contributed by atoms with Gasteiger partial charge in [0.15, 0.2) is 0 Å². The summed E-state index contributed by atoms with van der Waals surface area (Å²) in [7, 11) is 4.47. The highest BCUT2D eigenvalue weighted by Gasteiger charge is 2.22. The Kier molecular flexibility index (Phi) is 6.98. The van der Waals surface area contributed by atoms with Gasteiger partial charge in [-0.2, -0.15) is 0 Å². The van der Waals surface area contributed by atoms with E-state index in [0.29, 0.717) is 44.5 Å². The number of hydrogen-bond acceptors (Lipinski definition) is 6. The van der Waals surface area contributed by atoms with Crippen molar-refractivity contribution in [3.05, 3.63) is 81.2 Å². The molecule has 7 nitrogen and oxygen atoms in total. The van der Waals surface area contributed by atoms with Gasteiger partial charge in [-0.15, -0.1) is 0 Å². The third-order valence-electron chi connectivity index (χ3n) is 5.69. The zero-order valence-electron chi connectivity index (χ0n) is 19.7. The molecule has 8 heteroatoms. The molecule has 180 valence electrons. The quantitative estimate of drug-likeness (QED) is 0.336. The van der Waals surface area contributed by atoms with Gasteiger partial charge >= 0.3 is 5.63 Å². The Bertz CT molecular complexity index is 1450. The van der Waals surface area contributed by atoms with Gasteiger partial charge in [0.1, 0.15) is 28.5 Å². The lowest BCUT2D eigenvalue weighted by atomic mass is 9.92. The second-order valence-corrected chi connectivity index (χ2v) is 8.27. The number of carbonyl (C=O) groups is 1. The number of hydrogen-bond donors (Lipinski definition) is 1. The van der Waals surface area contributed by atoms with Crippen molar-refractivity contribution in [2.24, 2.45) is 0 Å². The molecule has 1 aromatic heterocycles. The maximum atomic E-state index is 13.2. The minimum absolute atomic E-state index is 0.220. The maximum Gasteiger partial charge on any atom is 0.340 e. The molecule has 0 bridgehead atoms. The highest BCUT2D eigenvalue weighted by molar-refractivity contribution is 6.31. The molecule has 0 atom stereocenters. The summed E-state index contributed by atoms with van der Waals surface area (Å²) in [5.74, 6) is 0.762. The number of nitrogens with one attached hydrogen (secondary N) is 1. The minimum atomic E-state index is -0.595. The van der Waals surface area contributed by atoms with E-state index in [4.69, 9.17) is 30.2 Å². The van der Waals surface area contributed by atoms with Crippen molar-refractivity contribution >= 4 is 34.2 Å². The van der Waals surface area contributed by atoms with Crippen LogP contribution in [-0.2, 0) is 11.2 Å². The topological polar surface area (TPSA) is 87.0 Å². The molecule has 4 aromatic rings. The Balaban J connectivity index is 1.83. The predicted molar refractivity (Wildman–Crippen MR) is 136 cm³/mol. The van der Waals surface area contributed by atoms with Crippen molar-refractivity contribution in [1.29, 1.82) is 0 Å². The molecule has 0 unspecified atom stereocenters. The van der Waals surface area contributed by atoms with Crippen LogP contribution in [0.25, 0.3) is 22.1 Å².